The van der Waals surface area contributed by atoms with Crippen molar-refractivity contribution >= 4 is 11.9 Å². The summed E-state index contributed by atoms with van der Waals surface area (Å²) in [4.78, 5) is 23.1. The van der Waals surface area contributed by atoms with Crippen molar-refractivity contribution in [2.75, 3.05) is 31.6 Å². The molecular formula is C10H11N5O. The number of amides is 1. The lowest BCUT2D eigenvalue weighted by Gasteiger charge is -2.31. The lowest BCUT2D eigenvalue weighted by atomic mass is 10.3. The standard InChI is InChI=1S/C10H11N5O/c1-14-4-5-15(7-9(14)16)10-12-3-2-8(6-11)13-10/h2-3H,4-5,7H2,1H3. The first kappa shape index (κ1) is 10.4. The van der Waals surface area contributed by atoms with Crippen molar-refractivity contribution in [1.29, 1.82) is 5.26 Å². The van der Waals surface area contributed by atoms with E-state index in [0.717, 1.165) is 0 Å². The van der Waals surface area contributed by atoms with E-state index < -0.39 is 0 Å². The number of aromatic nitrogens is 2. The lowest BCUT2D eigenvalue weighted by molar-refractivity contribution is -0.129. The monoisotopic (exact) mass is 217 g/mol. The zero-order valence-corrected chi connectivity index (χ0v) is 8.92. The van der Waals surface area contributed by atoms with E-state index in [-0.39, 0.29) is 12.5 Å². The highest BCUT2D eigenvalue weighted by atomic mass is 16.2. The summed E-state index contributed by atoms with van der Waals surface area (Å²) < 4.78 is 0. The average molecular weight is 217 g/mol. The van der Waals surface area contributed by atoms with Crippen LogP contribution in [0.3, 0.4) is 0 Å². The van der Waals surface area contributed by atoms with Crippen LogP contribution in [0.15, 0.2) is 12.3 Å². The Bertz CT molecular complexity index is 453. The predicted octanol–water partition coefficient (Wildman–Crippen LogP) is -0.373. The van der Waals surface area contributed by atoms with E-state index >= 15 is 0 Å². The number of carbonyl (C=O) groups excluding carboxylic acids is 1. The van der Waals surface area contributed by atoms with Crippen LogP contribution >= 0.6 is 0 Å². The minimum absolute atomic E-state index is 0.0391. The van der Waals surface area contributed by atoms with E-state index in [2.05, 4.69) is 9.97 Å². The van der Waals surface area contributed by atoms with E-state index in [1.165, 1.54) is 6.20 Å². The van der Waals surface area contributed by atoms with Crippen LogP contribution in [-0.4, -0.2) is 47.5 Å². The van der Waals surface area contributed by atoms with Crippen molar-refractivity contribution in [3.05, 3.63) is 18.0 Å². The van der Waals surface area contributed by atoms with Crippen LogP contribution in [0, 0.1) is 11.3 Å². The fourth-order valence-corrected chi connectivity index (χ4v) is 1.49. The molecule has 0 aliphatic carbocycles. The Morgan fingerprint density at radius 1 is 1.50 bits per heavy atom. The van der Waals surface area contributed by atoms with Crippen molar-refractivity contribution < 1.29 is 4.79 Å². The topological polar surface area (TPSA) is 73.1 Å². The molecule has 2 rings (SSSR count). The van der Waals surface area contributed by atoms with Gasteiger partial charge in [-0.3, -0.25) is 4.79 Å². The highest BCUT2D eigenvalue weighted by molar-refractivity contribution is 5.81. The molecule has 0 unspecified atom stereocenters. The lowest BCUT2D eigenvalue weighted by Crippen LogP contribution is -2.49. The van der Waals surface area contributed by atoms with Gasteiger partial charge in [0.25, 0.3) is 0 Å². The smallest absolute Gasteiger partial charge is 0.242 e. The summed E-state index contributed by atoms with van der Waals surface area (Å²) in [6.45, 7) is 1.61. The van der Waals surface area contributed by atoms with Gasteiger partial charge in [-0.25, -0.2) is 9.97 Å². The van der Waals surface area contributed by atoms with Gasteiger partial charge in [-0.1, -0.05) is 0 Å². The third-order valence-electron chi connectivity index (χ3n) is 2.50. The molecule has 0 N–H and O–H groups in total. The number of nitrogens with zero attached hydrogens (tertiary/aromatic N) is 5. The van der Waals surface area contributed by atoms with Gasteiger partial charge in [0, 0.05) is 26.3 Å². The Hall–Kier alpha value is -2.16. The Labute approximate surface area is 93.1 Å². The molecule has 16 heavy (non-hydrogen) atoms. The maximum atomic E-state index is 11.5. The van der Waals surface area contributed by atoms with Gasteiger partial charge in [0.1, 0.15) is 11.8 Å². The Kier molecular flexibility index (Phi) is 2.68. The molecule has 1 aliphatic heterocycles. The van der Waals surface area contributed by atoms with Crippen molar-refractivity contribution in [2.45, 2.75) is 0 Å². The molecule has 6 nitrogen and oxygen atoms in total. The first-order valence-electron chi connectivity index (χ1n) is 4.93. The van der Waals surface area contributed by atoms with E-state index in [1.807, 2.05) is 6.07 Å². The molecular weight excluding hydrogens is 206 g/mol. The van der Waals surface area contributed by atoms with Crippen molar-refractivity contribution in [3.8, 4) is 6.07 Å². The summed E-state index contributed by atoms with van der Waals surface area (Å²) in [6.07, 6.45) is 1.53. The molecule has 2 heterocycles. The molecule has 82 valence electrons. The Morgan fingerprint density at radius 3 is 3.00 bits per heavy atom. The van der Waals surface area contributed by atoms with Crippen LogP contribution in [0.4, 0.5) is 5.95 Å². The number of nitriles is 1. The summed E-state index contributed by atoms with van der Waals surface area (Å²) >= 11 is 0. The van der Waals surface area contributed by atoms with Gasteiger partial charge in [0.05, 0.1) is 6.54 Å². The minimum Gasteiger partial charge on any atom is -0.342 e. The van der Waals surface area contributed by atoms with Crippen LogP contribution in [0.1, 0.15) is 5.69 Å². The highest BCUT2D eigenvalue weighted by Gasteiger charge is 2.22. The molecule has 1 aromatic heterocycles. The number of hydrogen-bond acceptors (Lipinski definition) is 5. The molecule has 0 aromatic carbocycles. The van der Waals surface area contributed by atoms with Gasteiger partial charge in [-0.15, -0.1) is 0 Å². The maximum absolute atomic E-state index is 11.5. The van der Waals surface area contributed by atoms with Gasteiger partial charge in [-0.05, 0) is 6.07 Å². The van der Waals surface area contributed by atoms with Crippen LogP contribution in [-0.2, 0) is 4.79 Å². The summed E-state index contributed by atoms with van der Waals surface area (Å²) in [7, 11) is 1.77. The van der Waals surface area contributed by atoms with Crippen LogP contribution < -0.4 is 4.90 Å². The minimum atomic E-state index is 0.0391. The van der Waals surface area contributed by atoms with Gasteiger partial charge < -0.3 is 9.80 Å². The molecule has 0 saturated carbocycles. The van der Waals surface area contributed by atoms with Crippen LogP contribution in [0.2, 0.25) is 0 Å². The first-order chi connectivity index (χ1) is 7.70. The second-order valence-corrected chi connectivity index (χ2v) is 3.59. The summed E-state index contributed by atoms with van der Waals surface area (Å²) in [6, 6.07) is 3.50. The molecule has 6 heteroatoms. The molecule has 1 aromatic rings. The molecule has 0 atom stereocenters. The van der Waals surface area contributed by atoms with E-state index in [1.54, 1.807) is 22.9 Å². The van der Waals surface area contributed by atoms with Crippen LogP contribution in [0.5, 0.6) is 0 Å². The Balaban J connectivity index is 2.19. The molecule has 0 spiro atoms. The molecule has 1 saturated heterocycles. The fraction of sp³-hybridized carbons (Fsp3) is 0.400. The van der Waals surface area contributed by atoms with E-state index in [4.69, 9.17) is 5.26 Å². The zero-order valence-electron chi connectivity index (χ0n) is 8.92. The average Bonchev–Trinajstić information content (AvgIpc) is 2.33. The summed E-state index contributed by atoms with van der Waals surface area (Å²) in [5.74, 6) is 0.484. The molecule has 1 amide bonds. The van der Waals surface area contributed by atoms with Gasteiger partial charge in [0.2, 0.25) is 11.9 Å². The van der Waals surface area contributed by atoms with Crippen molar-refractivity contribution in [2.24, 2.45) is 0 Å². The number of hydrogen-bond donors (Lipinski definition) is 0. The van der Waals surface area contributed by atoms with Gasteiger partial charge in [-0.2, -0.15) is 5.26 Å². The quantitative estimate of drug-likeness (QED) is 0.641. The largest absolute Gasteiger partial charge is 0.342 e. The number of rotatable bonds is 1. The fourth-order valence-electron chi connectivity index (χ4n) is 1.49. The first-order valence-corrected chi connectivity index (χ1v) is 4.93. The number of likely N-dealkylation sites (N-methyl/N-ethyl adjacent to an activating group) is 1. The van der Waals surface area contributed by atoms with E-state index in [0.29, 0.717) is 24.7 Å². The van der Waals surface area contributed by atoms with Crippen molar-refractivity contribution in [3.63, 3.8) is 0 Å². The third-order valence-corrected chi connectivity index (χ3v) is 2.50. The molecule has 0 radical (unpaired) electrons. The van der Waals surface area contributed by atoms with Crippen LogP contribution in [0.25, 0.3) is 0 Å². The number of piperazine rings is 1. The molecule has 0 bridgehead atoms. The van der Waals surface area contributed by atoms with Gasteiger partial charge >= 0.3 is 0 Å². The zero-order chi connectivity index (χ0) is 11.5. The third kappa shape index (κ3) is 1.93. The predicted molar refractivity (Wildman–Crippen MR) is 56.6 cm³/mol. The van der Waals surface area contributed by atoms with Crippen molar-refractivity contribution in [1.82, 2.24) is 14.9 Å². The molecule has 1 aliphatic rings. The van der Waals surface area contributed by atoms with Gasteiger partial charge in [0.15, 0.2) is 0 Å². The molecule has 1 fully saturated rings. The SMILES string of the molecule is CN1CCN(c2nccc(C#N)n2)CC1=O. The normalized spacial score (nSPS) is 16.1. The Morgan fingerprint density at radius 2 is 2.31 bits per heavy atom. The summed E-state index contributed by atoms with van der Waals surface area (Å²) in [5.41, 5.74) is 0.316. The summed E-state index contributed by atoms with van der Waals surface area (Å²) in [5, 5.41) is 8.72. The maximum Gasteiger partial charge on any atom is 0.242 e. The second kappa shape index (κ2) is 4.14. The number of carbonyl (C=O) groups is 1. The number of anilines is 1. The highest BCUT2D eigenvalue weighted by Crippen LogP contribution is 2.10. The van der Waals surface area contributed by atoms with E-state index in [9.17, 15) is 4.79 Å². The second-order valence-electron chi connectivity index (χ2n) is 3.59.